The number of carbonyl (C=O) groups excluding carboxylic acids is 1. The third kappa shape index (κ3) is 3.37. The van der Waals surface area contributed by atoms with Crippen LogP contribution in [-0.4, -0.2) is 34.7 Å². The Balaban J connectivity index is 2.10. The summed E-state index contributed by atoms with van der Waals surface area (Å²) >= 11 is 2.28. The Labute approximate surface area is 133 Å². The number of nitrogens with zero attached hydrogens (tertiary/aromatic N) is 1. The molecule has 20 heavy (non-hydrogen) atoms. The quantitative estimate of drug-likeness (QED) is 0.551. The van der Waals surface area contributed by atoms with Gasteiger partial charge in [0, 0.05) is 11.0 Å². The summed E-state index contributed by atoms with van der Waals surface area (Å²) in [7, 11) is 1.65. The van der Waals surface area contributed by atoms with Gasteiger partial charge in [0.1, 0.15) is 11.9 Å². The van der Waals surface area contributed by atoms with Gasteiger partial charge in [-0.05, 0) is 24.1 Å². The predicted molar refractivity (Wildman–Crippen MR) is 86.4 cm³/mol. The third-order valence-electron chi connectivity index (χ3n) is 3.56. The highest BCUT2D eigenvalue weighted by molar-refractivity contribution is 14.1. The maximum absolute atomic E-state index is 12.0. The Morgan fingerprint density at radius 2 is 2.05 bits per heavy atom. The minimum Gasteiger partial charge on any atom is -0.497 e. The van der Waals surface area contributed by atoms with E-state index in [9.17, 15) is 4.79 Å². The number of hydrogen-bond acceptors (Lipinski definition) is 3. The van der Waals surface area contributed by atoms with Crippen LogP contribution in [0.5, 0.6) is 5.75 Å². The maximum Gasteiger partial charge on any atom is 0.410 e. The molecule has 2 rings (SSSR count). The number of methoxy groups -OCH3 is 1. The summed E-state index contributed by atoms with van der Waals surface area (Å²) in [6, 6.07) is 8.01. The molecule has 0 aliphatic carbocycles. The Hall–Kier alpha value is -0.980. The van der Waals surface area contributed by atoms with Crippen LogP contribution in [-0.2, 0) is 11.3 Å². The minimum absolute atomic E-state index is 0.0151. The van der Waals surface area contributed by atoms with Gasteiger partial charge in [0.2, 0.25) is 0 Å². The van der Waals surface area contributed by atoms with Gasteiger partial charge in [-0.1, -0.05) is 48.1 Å². The smallest absolute Gasteiger partial charge is 0.410 e. The molecule has 5 heteroatoms. The molecule has 1 amide bonds. The van der Waals surface area contributed by atoms with Crippen LogP contribution in [0.1, 0.15) is 25.3 Å². The van der Waals surface area contributed by atoms with E-state index in [1.165, 1.54) is 0 Å². The van der Waals surface area contributed by atoms with Crippen molar-refractivity contribution in [3.8, 4) is 5.75 Å². The number of cyclic esters (lactones) is 1. The molecule has 4 nitrogen and oxygen atoms in total. The number of rotatable bonds is 6. The van der Waals surface area contributed by atoms with Crippen LogP contribution in [0.2, 0.25) is 0 Å². The molecule has 1 aromatic carbocycles. The highest BCUT2D eigenvalue weighted by Crippen LogP contribution is 2.27. The van der Waals surface area contributed by atoms with Crippen LogP contribution in [0, 0.1) is 0 Å². The zero-order valence-corrected chi connectivity index (χ0v) is 14.0. The average Bonchev–Trinajstić information content (AvgIpc) is 2.77. The molecule has 0 unspecified atom stereocenters. The van der Waals surface area contributed by atoms with Gasteiger partial charge in [-0.25, -0.2) is 4.79 Å². The van der Waals surface area contributed by atoms with Gasteiger partial charge in [0.05, 0.1) is 13.2 Å². The lowest BCUT2D eigenvalue weighted by Crippen LogP contribution is -2.36. The van der Waals surface area contributed by atoms with Gasteiger partial charge in [-0.2, -0.15) is 0 Å². The number of alkyl halides is 1. The van der Waals surface area contributed by atoms with Crippen LogP contribution < -0.4 is 4.74 Å². The van der Waals surface area contributed by atoms with Crippen molar-refractivity contribution in [1.82, 2.24) is 4.90 Å². The van der Waals surface area contributed by atoms with Crippen molar-refractivity contribution in [2.75, 3.05) is 11.5 Å². The molecule has 1 aromatic rings. The van der Waals surface area contributed by atoms with E-state index in [0.717, 1.165) is 28.6 Å². The first-order chi connectivity index (χ1) is 9.69. The molecule has 1 fully saturated rings. The normalized spacial score (nSPS) is 21.9. The summed E-state index contributed by atoms with van der Waals surface area (Å²) in [5.74, 6) is 0.827. The Morgan fingerprint density at radius 3 is 2.60 bits per heavy atom. The van der Waals surface area contributed by atoms with Crippen molar-refractivity contribution < 1.29 is 14.3 Å². The van der Waals surface area contributed by atoms with Crippen LogP contribution in [0.3, 0.4) is 0 Å². The van der Waals surface area contributed by atoms with Crippen molar-refractivity contribution in [1.29, 1.82) is 0 Å². The van der Waals surface area contributed by atoms with E-state index < -0.39 is 0 Å². The maximum atomic E-state index is 12.0. The SMILES string of the molecule is CCC[C@@H]1[C@H](CI)OC(=O)N1Cc1ccc(OC)cc1. The average molecular weight is 389 g/mol. The summed E-state index contributed by atoms with van der Waals surface area (Å²) in [5, 5.41) is 0. The molecule has 0 aromatic heterocycles. The number of carbonyl (C=O) groups is 1. The van der Waals surface area contributed by atoms with Crippen molar-refractivity contribution in [2.45, 2.75) is 38.5 Å². The van der Waals surface area contributed by atoms with Gasteiger partial charge < -0.3 is 9.47 Å². The lowest BCUT2D eigenvalue weighted by Gasteiger charge is -2.23. The second-order valence-corrected chi connectivity index (χ2v) is 5.79. The second-order valence-electron chi connectivity index (χ2n) is 4.91. The molecule has 1 aliphatic heterocycles. The van der Waals surface area contributed by atoms with Gasteiger partial charge in [-0.15, -0.1) is 0 Å². The van der Waals surface area contributed by atoms with E-state index in [4.69, 9.17) is 9.47 Å². The zero-order chi connectivity index (χ0) is 14.5. The number of ether oxygens (including phenoxy) is 2. The minimum atomic E-state index is -0.194. The van der Waals surface area contributed by atoms with E-state index in [1.807, 2.05) is 29.2 Å². The molecule has 0 spiro atoms. The summed E-state index contributed by atoms with van der Waals surface area (Å²) in [6.45, 7) is 2.74. The first-order valence-corrected chi connectivity index (χ1v) is 8.38. The van der Waals surface area contributed by atoms with Crippen LogP contribution in [0.25, 0.3) is 0 Å². The molecule has 0 bridgehead atoms. The fourth-order valence-electron chi connectivity index (χ4n) is 2.49. The Kier molecular flexibility index (Phi) is 5.51. The Bertz CT molecular complexity index is 449. The van der Waals surface area contributed by atoms with E-state index in [2.05, 4.69) is 29.5 Å². The van der Waals surface area contributed by atoms with E-state index in [1.54, 1.807) is 7.11 Å². The molecule has 0 saturated carbocycles. The van der Waals surface area contributed by atoms with Crippen molar-refractivity contribution >= 4 is 28.7 Å². The standard InChI is InChI=1S/C15H20INO3/c1-3-4-13-14(9-16)20-15(18)17(13)10-11-5-7-12(19-2)8-6-11/h5-8,13-14H,3-4,9-10H2,1-2H3/t13-,14+/m1/s1. The van der Waals surface area contributed by atoms with E-state index in [0.29, 0.717) is 6.54 Å². The molecular formula is C15H20INO3. The Morgan fingerprint density at radius 1 is 1.35 bits per heavy atom. The molecule has 1 heterocycles. The second kappa shape index (κ2) is 7.15. The monoisotopic (exact) mass is 389 g/mol. The fourth-order valence-corrected chi connectivity index (χ4v) is 3.26. The molecule has 0 radical (unpaired) electrons. The number of hydrogen-bond donors (Lipinski definition) is 0. The molecule has 1 saturated heterocycles. The van der Waals surface area contributed by atoms with Crippen LogP contribution in [0.15, 0.2) is 24.3 Å². The predicted octanol–water partition coefficient (Wildman–Crippen LogP) is 3.62. The van der Waals surface area contributed by atoms with E-state index >= 15 is 0 Å². The van der Waals surface area contributed by atoms with Gasteiger partial charge in [-0.3, -0.25) is 4.90 Å². The topological polar surface area (TPSA) is 38.8 Å². The molecule has 110 valence electrons. The van der Waals surface area contributed by atoms with E-state index in [-0.39, 0.29) is 18.2 Å². The lowest BCUT2D eigenvalue weighted by molar-refractivity contribution is 0.138. The highest BCUT2D eigenvalue weighted by Gasteiger charge is 2.40. The summed E-state index contributed by atoms with van der Waals surface area (Å²) in [5.41, 5.74) is 1.10. The first kappa shape index (κ1) is 15.4. The van der Waals surface area contributed by atoms with Crippen molar-refractivity contribution in [3.63, 3.8) is 0 Å². The fraction of sp³-hybridized carbons (Fsp3) is 0.533. The van der Waals surface area contributed by atoms with Gasteiger partial charge in [0.25, 0.3) is 0 Å². The van der Waals surface area contributed by atoms with Gasteiger partial charge >= 0.3 is 6.09 Å². The summed E-state index contributed by atoms with van der Waals surface area (Å²) in [6.07, 6.45) is 1.85. The molecule has 2 atom stereocenters. The van der Waals surface area contributed by atoms with Crippen molar-refractivity contribution in [3.05, 3.63) is 29.8 Å². The highest BCUT2D eigenvalue weighted by atomic mass is 127. The zero-order valence-electron chi connectivity index (χ0n) is 11.8. The van der Waals surface area contributed by atoms with Crippen LogP contribution in [0.4, 0.5) is 4.79 Å². The third-order valence-corrected chi connectivity index (χ3v) is 4.43. The number of amides is 1. The molecule has 0 N–H and O–H groups in total. The summed E-state index contributed by atoms with van der Waals surface area (Å²) < 4.78 is 11.4. The van der Waals surface area contributed by atoms with Crippen molar-refractivity contribution in [2.24, 2.45) is 0 Å². The molecular weight excluding hydrogens is 369 g/mol. The summed E-state index contributed by atoms with van der Waals surface area (Å²) in [4.78, 5) is 13.9. The first-order valence-electron chi connectivity index (χ1n) is 6.85. The lowest BCUT2D eigenvalue weighted by atomic mass is 10.1. The number of halogens is 1. The molecule has 1 aliphatic rings. The van der Waals surface area contributed by atoms with Gasteiger partial charge in [0.15, 0.2) is 0 Å². The van der Waals surface area contributed by atoms with Crippen LogP contribution >= 0.6 is 22.6 Å². The largest absolute Gasteiger partial charge is 0.497 e. The number of benzene rings is 1.